The maximum atomic E-state index is 12.5. The van der Waals surface area contributed by atoms with Gasteiger partial charge in [-0.2, -0.15) is 0 Å². The van der Waals surface area contributed by atoms with Gasteiger partial charge in [0.1, 0.15) is 0 Å². The molecule has 0 spiro atoms. The molecule has 1 aliphatic heterocycles. The molecule has 0 aliphatic carbocycles. The number of aromatic nitrogens is 2. The maximum Gasteiger partial charge on any atom is 0.223 e. The lowest BCUT2D eigenvalue weighted by Crippen LogP contribution is -2.30. The normalized spacial score (nSPS) is 21.9. The number of rotatable bonds is 2. The molecule has 0 saturated carbocycles. The smallest absolute Gasteiger partial charge is 0.223 e. The molecule has 1 N–H and O–H groups in total. The van der Waals surface area contributed by atoms with Crippen LogP contribution >= 0.6 is 0 Å². The van der Waals surface area contributed by atoms with Crippen molar-refractivity contribution in [1.82, 2.24) is 9.97 Å². The van der Waals surface area contributed by atoms with E-state index in [1.165, 1.54) is 0 Å². The van der Waals surface area contributed by atoms with E-state index < -0.39 is 5.82 Å². The Balaban J connectivity index is 1.92. The van der Waals surface area contributed by atoms with Crippen LogP contribution in [0.2, 0.25) is 0 Å². The Labute approximate surface area is 81.5 Å². The summed E-state index contributed by atoms with van der Waals surface area (Å²) in [6.45, 7) is 1.49. The molecule has 0 aromatic carbocycles. The van der Waals surface area contributed by atoms with Gasteiger partial charge in [-0.15, -0.1) is 0 Å². The minimum absolute atomic E-state index is 0.245. The molecule has 1 aromatic rings. The number of nitrogens with zero attached hydrogens (tertiary/aromatic N) is 2. The van der Waals surface area contributed by atoms with Gasteiger partial charge in [0, 0.05) is 6.61 Å². The van der Waals surface area contributed by atoms with Crippen molar-refractivity contribution in [2.45, 2.75) is 18.9 Å². The summed E-state index contributed by atoms with van der Waals surface area (Å²) < 4.78 is 17.8. The second kappa shape index (κ2) is 4.32. The molecule has 1 saturated heterocycles. The van der Waals surface area contributed by atoms with Crippen LogP contribution in [0, 0.1) is 5.82 Å². The van der Waals surface area contributed by atoms with Gasteiger partial charge in [-0.1, -0.05) is 0 Å². The molecule has 0 bridgehead atoms. The van der Waals surface area contributed by atoms with Crippen molar-refractivity contribution in [3.63, 3.8) is 0 Å². The minimum atomic E-state index is -0.421. The monoisotopic (exact) mass is 197 g/mol. The lowest BCUT2D eigenvalue weighted by Gasteiger charge is -2.22. The largest absolute Gasteiger partial charge is 0.379 e. The van der Waals surface area contributed by atoms with Gasteiger partial charge >= 0.3 is 0 Å². The highest BCUT2D eigenvalue weighted by Gasteiger charge is 2.14. The lowest BCUT2D eigenvalue weighted by atomic mass is 10.1. The topological polar surface area (TPSA) is 47.0 Å². The maximum absolute atomic E-state index is 12.5. The highest BCUT2D eigenvalue weighted by molar-refractivity contribution is 5.24. The van der Waals surface area contributed by atoms with E-state index in [1.54, 1.807) is 0 Å². The number of hydrogen-bond acceptors (Lipinski definition) is 4. The average molecular weight is 197 g/mol. The Hall–Kier alpha value is -1.23. The molecule has 1 atom stereocenters. The van der Waals surface area contributed by atoms with Gasteiger partial charge in [0.2, 0.25) is 5.95 Å². The van der Waals surface area contributed by atoms with Crippen LogP contribution in [-0.4, -0.2) is 29.2 Å². The molecule has 1 aromatic heterocycles. The molecule has 5 heteroatoms. The van der Waals surface area contributed by atoms with Gasteiger partial charge in [-0.05, 0) is 12.8 Å². The number of nitrogens with one attached hydrogen (secondary N) is 1. The number of ether oxygens (including phenoxy) is 1. The van der Waals surface area contributed by atoms with Gasteiger partial charge in [0.15, 0.2) is 5.82 Å². The van der Waals surface area contributed by atoms with Crippen molar-refractivity contribution in [3.8, 4) is 0 Å². The SMILES string of the molecule is Fc1cnc(N[C@@H]2CCCOC2)nc1. The fourth-order valence-electron chi connectivity index (χ4n) is 1.42. The molecule has 76 valence electrons. The van der Waals surface area contributed by atoms with Crippen LogP contribution < -0.4 is 5.32 Å². The van der Waals surface area contributed by atoms with Crippen molar-refractivity contribution < 1.29 is 9.13 Å². The molecule has 4 nitrogen and oxygen atoms in total. The predicted molar refractivity (Wildman–Crippen MR) is 49.5 cm³/mol. The van der Waals surface area contributed by atoms with E-state index in [1.807, 2.05) is 0 Å². The van der Waals surface area contributed by atoms with Crippen molar-refractivity contribution in [1.29, 1.82) is 0 Å². The summed E-state index contributed by atoms with van der Waals surface area (Å²) in [7, 11) is 0. The first-order chi connectivity index (χ1) is 6.84. The Morgan fingerprint density at radius 1 is 1.43 bits per heavy atom. The summed E-state index contributed by atoms with van der Waals surface area (Å²) >= 11 is 0. The fraction of sp³-hybridized carbons (Fsp3) is 0.556. The van der Waals surface area contributed by atoms with E-state index in [9.17, 15) is 4.39 Å². The molecule has 0 radical (unpaired) electrons. The van der Waals surface area contributed by atoms with E-state index in [-0.39, 0.29) is 6.04 Å². The van der Waals surface area contributed by atoms with E-state index in [0.29, 0.717) is 12.6 Å². The number of halogens is 1. The number of hydrogen-bond donors (Lipinski definition) is 1. The lowest BCUT2D eigenvalue weighted by molar-refractivity contribution is 0.0874. The van der Waals surface area contributed by atoms with Crippen LogP contribution in [0.25, 0.3) is 0 Å². The third kappa shape index (κ3) is 2.38. The fourth-order valence-corrected chi connectivity index (χ4v) is 1.42. The Kier molecular flexibility index (Phi) is 2.88. The Morgan fingerprint density at radius 3 is 2.86 bits per heavy atom. The Morgan fingerprint density at radius 2 is 2.21 bits per heavy atom. The summed E-state index contributed by atoms with van der Waals surface area (Å²) in [5.41, 5.74) is 0. The van der Waals surface area contributed by atoms with Gasteiger partial charge < -0.3 is 10.1 Å². The summed E-state index contributed by atoms with van der Waals surface area (Å²) in [4.78, 5) is 7.64. The summed E-state index contributed by atoms with van der Waals surface area (Å²) in [5.74, 6) is 0.0392. The van der Waals surface area contributed by atoms with Gasteiger partial charge in [-0.25, -0.2) is 14.4 Å². The first kappa shape index (κ1) is 9.33. The third-order valence-corrected chi connectivity index (χ3v) is 2.11. The summed E-state index contributed by atoms with van der Waals surface area (Å²) in [5, 5.41) is 3.09. The highest BCUT2D eigenvalue weighted by atomic mass is 19.1. The molecule has 1 aliphatic rings. The zero-order valence-electron chi connectivity index (χ0n) is 7.74. The van der Waals surface area contributed by atoms with Crippen molar-refractivity contribution >= 4 is 5.95 Å². The molecular weight excluding hydrogens is 185 g/mol. The molecular formula is C9H12FN3O. The van der Waals surface area contributed by atoms with Crippen LogP contribution in [-0.2, 0) is 4.74 Å². The van der Waals surface area contributed by atoms with Crippen LogP contribution in [0.4, 0.5) is 10.3 Å². The summed E-state index contributed by atoms with van der Waals surface area (Å²) in [6, 6.07) is 0.245. The first-order valence-electron chi connectivity index (χ1n) is 4.66. The standard InChI is InChI=1S/C9H12FN3O/c10-7-4-11-9(12-5-7)13-8-2-1-3-14-6-8/h4-5,8H,1-3,6H2,(H,11,12,13)/t8-/m1/s1. The molecule has 2 rings (SSSR count). The first-order valence-corrected chi connectivity index (χ1v) is 4.66. The van der Waals surface area contributed by atoms with E-state index >= 15 is 0 Å². The average Bonchev–Trinajstić information content (AvgIpc) is 2.23. The van der Waals surface area contributed by atoms with Crippen molar-refractivity contribution in [3.05, 3.63) is 18.2 Å². The summed E-state index contributed by atoms with van der Waals surface area (Å²) in [6.07, 6.45) is 4.39. The van der Waals surface area contributed by atoms with Crippen LogP contribution in [0.5, 0.6) is 0 Å². The number of anilines is 1. The molecule has 14 heavy (non-hydrogen) atoms. The van der Waals surface area contributed by atoms with Crippen molar-refractivity contribution in [2.24, 2.45) is 0 Å². The zero-order valence-corrected chi connectivity index (χ0v) is 7.74. The molecule has 0 amide bonds. The van der Waals surface area contributed by atoms with E-state index in [0.717, 1.165) is 31.8 Å². The van der Waals surface area contributed by atoms with Crippen LogP contribution in [0.3, 0.4) is 0 Å². The zero-order chi connectivity index (χ0) is 9.80. The second-order valence-corrected chi connectivity index (χ2v) is 3.28. The Bertz CT molecular complexity index is 285. The van der Waals surface area contributed by atoms with Crippen molar-refractivity contribution in [2.75, 3.05) is 18.5 Å². The van der Waals surface area contributed by atoms with Gasteiger partial charge in [0.05, 0.1) is 25.0 Å². The van der Waals surface area contributed by atoms with Crippen LogP contribution in [0.15, 0.2) is 12.4 Å². The molecule has 2 heterocycles. The second-order valence-electron chi connectivity index (χ2n) is 3.28. The van der Waals surface area contributed by atoms with E-state index in [4.69, 9.17) is 4.74 Å². The minimum Gasteiger partial charge on any atom is -0.379 e. The van der Waals surface area contributed by atoms with Gasteiger partial charge in [0.25, 0.3) is 0 Å². The quantitative estimate of drug-likeness (QED) is 0.774. The third-order valence-electron chi connectivity index (χ3n) is 2.11. The molecule has 1 fully saturated rings. The molecule has 0 unspecified atom stereocenters. The predicted octanol–water partition coefficient (Wildman–Crippen LogP) is 1.21. The highest BCUT2D eigenvalue weighted by Crippen LogP contribution is 2.10. The van der Waals surface area contributed by atoms with Gasteiger partial charge in [-0.3, -0.25) is 0 Å². The van der Waals surface area contributed by atoms with E-state index in [2.05, 4.69) is 15.3 Å². The van der Waals surface area contributed by atoms with Crippen LogP contribution in [0.1, 0.15) is 12.8 Å².